The van der Waals surface area contributed by atoms with Gasteiger partial charge in [0, 0.05) is 10.8 Å². The highest BCUT2D eigenvalue weighted by atomic mass is 35.5. The molecule has 0 heterocycles. The minimum absolute atomic E-state index is 0.171. The number of hydrogen-bond acceptors (Lipinski definition) is 1. The van der Waals surface area contributed by atoms with E-state index in [1.54, 1.807) is 0 Å². The van der Waals surface area contributed by atoms with E-state index in [4.69, 9.17) is 11.6 Å². The van der Waals surface area contributed by atoms with Crippen LogP contribution in [0.1, 0.15) is 37.2 Å². The van der Waals surface area contributed by atoms with Crippen molar-refractivity contribution in [2.45, 2.75) is 37.7 Å². The molecule has 0 aromatic heterocycles. The first-order valence-electron chi connectivity index (χ1n) is 10.2. The normalized spacial score (nSPS) is 20.6. The maximum absolute atomic E-state index is 10.2. The largest absolute Gasteiger partial charge is 0.393 e. The zero-order valence-electron chi connectivity index (χ0n) is 15.6. The van der Waals surface area contributed by atoms with Gasteiger partial charge in [0.15, 0.2) is 0 Å². The Morgan fingerprint density at radius 1 is 0.714 bits per heavy atom. The summed E-state index contributed by atoms with van der Waals surface area (Å²) in [6.07, 6.45) is 3.89. The molecule has 1 nitrogen and oxygen atoms in total. The summed E-state index contributed by atoms with van der Waals surface area (Å²) in [6.45, 7) is 0. The Labute approximate surface area is 168 Å². The lowest BCUT2D eigenvalue weighted by Crippen LogP contribution is -2.18. The summed E-state index contributed by atoms with van der Waals surface area (Å²) in [5.74, 6) is 0.431. The molecule has 0 radical (unpaired) electrons. The third kappa shape index (κ3) is 2.24. The summed E-state index contributed by atoms with van der Waals surface area (Å²) >= 11 is 6.87. The molecule has 2 atom stereocenters. The topological polar surface area (TPSA) is 20.2 Å². The molecule has 1 N–H and O–H groups in total. The summed E-state index contributed by atoms with van der Waals surface area (Å²) in [5, 5.41) is 21.0. The van der Waals surface area contributed by atoms with Crippen LogP contribution >= 0.6 is 11.6 Å². The summed E-state index contributed by atoms with van der Waals surface area (Å²) in [6, 6.07) is 21.9. The van der Waals surface area contributed by atoms with Gasteiger partial charge in [0.05, 0.1) is 11.1 Å². The molecule has 1 aliphatic rings. The molecule has 2 unspecified atom stereocenters. The molecule has 6 rings (SSSR count). The van der Waals surface area contributed by atoms with E-state index in [-0.39, 0.29) is 6.10 Å². The molecule has 0 amide bonds. The average Bonchev–Trinajstić information content (AvgIpc) is 2.73. The number of benzene rings is 5. The van der Waals surface area contributed by atoms with Crippen LogP contribution in [0, 0.1) is 0 Å². The third-order valence-electron chi connectivity index (χ3n) is 6.72. The highest BCUT2D eigenvalue weighted by Crippen LogP contribution is 2.45. The first-order valence-corrected chi connectivity index (χ1v) is 10.6. The van der Waals surface area contributed by atoms with Crippen LogP contribution in [0.3, 0.4) is 0 Å². The minimum Gasteiger partial charge on any atom is -0.393 e. The highest BCUT2D eigenvalue weighted by molar-refractivity contribution is 6.45. The Kier molecular flexibility index (Phi) is 3.60. The van der Waals surface area contributed by atoms with Crippen LogP contribution in [0.2, 0.25) is 5.02 Å². The van der Waals surface area contributed by atoms with Gasteiger partial charge in [-0.2, -0.15) is 0 Å². The predicted molar refractivity (Wildman–Crippen MR) is 120 cm³/mol. The monoisotopic (exact) mass is 384 g/mol. The van der Waals surface area contributed by atoms with Crippen LogP contribution in [-0.4, -0.2) is 11.2 Å². The highest BCUT2D eigenvalue weighted by Gasteiger charge is 2.24. The van der Waals surface area contributed by atoms with E-state index in [0.29, 0.717) is 5.92 Å². The van der Waals surface area contributed by atoms with E-state index in [9.17, 15) is 5.11 Å². The van der Waals surface area contributed by atoms with Crippen molar-refractivity contribution in [2.75, 3.05) is 0 Å². The Morgan fingerprint density at radius 2 is 1.46 bits per heavy atom. The standard InChI is InChI=1S/C26H21ClO/c27-26-22-7-2-1-6-19(22)21-13-12-20-18(16-4-3-5-17(28)14-16)10-8-15-9-11-23(26)25(21)24(15)20/h1-2,6-13,16-17,28H,3-5,14H2. The SMILES string of the molecule is OC1CCCC(c2ccc3ccc4c(Cl)c5ccccc5c5ccc2c3c45)C1. The van der Waals surface area contributed by atoms with E-state index in [1.165, 1.54) is 37.9 Å². The first-order chi connectivity index (χ1) is 13.7. The zero-order chi connectivity index (χ0) is 18.8. The van der Waals surface area contributed by atoms with E-state index in [2.05, 4.69) is 60.7 Å². The Bertz CT molecular complexity index is 1350. The van der Waals surface area contributed by atoms with E-state index in [0.717, 1.165) is 41.5 Å². The molecular formula is C26H21ClO. The first kappa shape index (κ1) is 16.6. The van der Waals surface area contributed by atoms with E-state index in [1.807, 2.05) is 0 Å². The second kappa shape index (κ2) is 6.07. The van der Waals surface area contributed by atoms with Gasteiger partial charge >= 0.3 is 0 Å². The number of hydrogen-bond donors (Lipinski definition) is 1. The van der Waals surface area contributed by atoms with Gasteiger partial charge in [-0.15, -0.1) is 0 Å². The van der Waals surface area contributed by atoms with E-state index < -0.39 is 0 Å². The molecule has 2 heteroatoms. The number of rotatable bonds is 1. The average molecular weight is 385 g/mol. The lowest BCUT2D eigenvalue weighted by atomic mass is 9.79. The Morgan fingerprint density at radius 3 is 2.32 bits per heavy atom. The minimum atomic E-state index is -0.171. The molecule has 0 spiro atoms. The van der Waals surface area contributed by atoms with Crippen molar-refractivity contribution in [3.63, 3.8) is 0 Å². The van der Waals surface area contributed by atoms with Gasteiger partial charge in [0.2, 0.25) is 0 Å². The molecule has 1 fully saturated rings. The van der Waals surface area contributed by atoms with Crippen molar-refractivity contribution in [3.8, 4) is 0 Å². The maximum Gasteiger partial charge on any atom is 0.0563 e. The van der Waals surface area contributed by atoms with Gasteiger partial charge in [0.1, 0.15) is 0 Å². The van der Waals surface area contributed by atoms with Crippen molar-refractivity contribution in [1.82, 2.24) is 0 Å². The van der Waals surface area contributed by atoms with Gasteiger partial charge in [-0.1, -0.05) is 78.7 Å². The van der Waals surface area contributed by atoms with Crippen molar-refractivity contribution in [2.24, 2.45) is 0 Å². The van der Waals surface area contributed by atoms with Gasteiger partial charge in [0.25, 0.3) is 0 Å². The predicted octanol–water partition coefficient (Wildman–Crippen LogP) is 7.41. The van der Waals surface area contributed by atoms with Crippen LogP contribution in [-0.2, 0) is 0 Å². The lowest BCUT2D eigenvalue weighted by Gasteiger charge is -2.28. The molecule has 28 heavy (non-hydrogen) atoms. The van der Waals surface area contributed by atoms with Crippen molar-refractivity contribution < 1.29 is 5.11 Å². The van der Waals surface area contributed by atoms with Gasteiger partial charge in [-0.3, -0.25) is 0 Å². The molecule has 5 aromatic carbocycles. The van der Waals surface area contributed by atoms with Crippen molar-refractivity contribution in [1.29, 1.82) is 0 Å². The zero-order valence-corrected chi connectivity index (χ0v) is 16.3. The summed E-state index contributed by atoms with van der Waals surface area (Å²) in [7, 11) is 0. The van der Waals surface area contributed by atoms with Crippen LogP contribution in [0.5, 0.6) is 0 Å². The van der Waals surface area contributed by atoms with Crippen LogP contribution in [0.4, 0.5) is 0 Å². The smallest absolute Gasteiger partial charge is 0.0563 e. The molecule has 0 bridgehead atoms. The van der Waals surface area contributed by atoms with Crippen LogP contribution in [0.25, 0.3) is 43.1 Å². The third-order valence-corrected chi connectivity index (χ3v) is 7.13. The fourth-order valence-electron chi connectivity index (χ4n) is 5.44. The van der Waals surface area contributed by atoms with Gasteiger partial charge in [-0.25, -0.2) is 0 Å². The number of fused-ring (bicyclic) bond motifs is 2. The second-order valence-electron chi connectivity index (χ2n) is 8.28. The van der Waals surface area contributed by atoms with E-state index >= 15 is 0 Å². The second-order valence-corrected chi connectivity index (χ2v) is 8.66. The molecule has 1 saturated carbocycles. The molecule has 5 aromatic rings. The molecule has 138 valence electrons. The molecule has 0 saturated heterocycles. The number of aliphatic hydroxyl groups excluding tert-OH is 1. The maximum atomic E-state index is 10.2. The van der Waals surface area contributed by atoms with Crippen molar-refractivity contribution >= 4 is 54.7 Å². The van der Waals surface area contributed by atoms with Gasteiger partial charge < -0.3 is 5.11 Å². The summed E-state index contributed by atoms with van der Waals surface area (Å²) in [5.41, 5.74) is 1.38. The fraction of sp³-hybridized carbons (Fsp3) is 0.231. The van der Waals surface area contributed by atoms with Crippen LogP contribution in [0.15, 0.2) is 60.7 Å². The molecular weight excluding hydrogens is 364 g/mol. The lowest BCUT2D eigenvalue weighted by molar-refractivity contribution is 0.120. The Hall–Kier alpha value is -2.35. The molecule has 0 aliphatic heterocycles. The summed E-state index contributed by atoms with van der Waals surface area (Å²) < 4.78 is 0. The summed E-state index contributed by atoms with van der Waals surface area (Å²) in [4.78, 5) is 0. The Balaban J connectivity index is 1.76. The quantitative estimate of drug-likeness (QED) is 0.235. The molecule has 1 aliphatic carbocycles. The van der Waals surface area contributed by atoms with Gasteiger partial charge in [-0.05, 0) is 63.1 Å². The van der Waals surface area contributed by atoms with Crippen molar-refractivity contribution in [3.05, 3.63) is 71.2 Å². The number of aliphatic hydroxyl groups is 1. The van der Waals surface area contributed by atoms with Crippen LogP contribution < -0.4 is 0 Å². The number of halogens is 1. The fourth-order valence-corrected chi connectivity index (χ4v) is 5.76.